The molecule has 0 amide bonds. The molecule has 6 heteroatoms. The predicted octanol–water partition coefficient (Wildman–Crippen LogP) is -0.115. The normalized spacial score (nSPS) is 41.5. The second-order valence-corrected chi connectivity index (χ2v) is 4.79. The summed E-state index contributed by atoms with van der Waals surface area (Å²) in [6.45, 7) is 3.85. The summed E-state index contributed by atoms with van der Waals surface area (Å²) in [6.07, 6.45) is -2.42. The lowest BCUT2D eigenvalue weighted by Crippen LogP contribution is -2.40. The first kappa shape index (κ1) is 13.2. The molecule has 2 rings (SSSR count). The largest absolute Gasteiger partial charge is 0.388 e. The lowest BCUT2D eigenvalue weighted by molar-refractivity contribution is -0.238. The van der Waals surface area contributed by atoms with Gasteiger partial charge in [-0.15, -0.1) is 0 Å². The summed E-state index contributed by atoms with van der Waals surface area (Å²) in [5.74, 6) is -0.680. The van der Waals surface area contributed by atoms with E-state index in [4.69, 9.17) is 23.7 Å². The van der Waals surface area contributed by atoms with Crippen LogP contribution in [0, 0.1) is 0 Å². The minimum absolute atomic E-state index is 0.189. The average molecular weight is 248 g/mol. The van der Waals surface area contributed by atoms with Crippen molar-refractivity contribution in [1.82, 2.24) is 0 Å². The van der Waals surface area contributed by atoms with Gasteiger partial charge in [-0.3, -0.25) is 0 Å². The van der Waals surface area contributed by atoms with Gasteiger partial charge in [-0.25, -0.2) is 0 Å². The first-order valence-corrected chi connectivity index (χ1v) is 5.69. The molecule has 0 bridgehead atoms. The first-order chi connectivity index (χ1) is 7.98. The van der Waals surface area contributed by atoms with Crippen LogP contribution in [0.25, 0.3) is 0 Å². The summed E-state index contributed by atoms with van der Waals surface area (Å²) < 4.78 is 27.2. The minimum Gasteiger partial charge on any atom is -0.388 e. The molecular formula is C11H20O6. The van der Waals surface area contributed by atoms with E-state index in [0.717, 1.165) is 0 Å². The molecule has 0 spiro atoms. The minimum atomic E-state index is -0.759. The van der Waals surface area contributed by atoms with Crippen molar-refractivity contribution in [2.45, 2.75) is 50.3 Å². The highest BCUT2D eigenvalue weighted by atomic mass is 16.8. The van der Waals surface area contributed by atoms with Crippen LogP contribution >= 0.6 is 0 Å². The Labute approximate surface area is 101 Å². The molecule has 6 nitrogen and oxygen atoms in total. The van der Waals surface area contributed by atoms with Gasteiger partial charge in [0, 0.05) is 14.2 Å². The van der Waals surface area contributed by atoms with E-state index in [1.54, 1.807) is 7.11 Å². The Hall–Kier alpha value is -0.240. The maximum absolute atomic E-state index is 9.94. The smallest absolute Gasteiger partial charge is 0.186 e. The van der Waals surface area contributed by atoms with Gasteiger partial charge < -0.3 is 28.8 Å². The van der Waals surface area contributed by atoms with Crippen LogP contribution in [0.5, 0.6) is 0 Å². The maximum Gasteiger partial charge on any atom is 0.186 e. The summed E-state index contributed by atoms with van der Waals surface area (Å²) in [4.78, 5) is 0. The molecule has 0 unspecified atom stereocenters. The van der Waals surface area contributed by atoms with Crippen LogP contribution in [0.1, 0.15) is 13.8 Å². The molecule has 0 aromatic rings. The zero-order valence-electron chi connectivity index (χ0n) is 10.6. The van der Waals surface area contributed by atoms with Crippen LogP contribution in [0.3, 0.4) is 0 Å². The van der Waals surface area contributed by atoms with E-state index in [1.807, 2.05) is 13.8 Å². The molecule has 2 aliphatic heterocycles. The number of aliphatic hydroxyl groups excluding tert-OH is 1. The highest BCUT2D eigenvalue weighted by Crippen LogP contribution is 2.39. The lowest BCUT2D eigenvalue weighted by atomic mass is 10.1. The van der Waals surface area contributed by atoms with Gasteiger partial charge in [-0.05, 0) is 13.8 Å². The third-order valence-electron chi connectivity index (χ3n) is 3.00. The van der Waals surface area contributed by atoms with E-state index in [2.05, 4.69) is 0 Å². The predicted molar refractivity (Wildman–Crippen MR) is 57.4 cm³/mol. The molecule has 2 heterocycles. The van der Waals surface area contributed by atoms with Gasteiger partial charge in [0.15, 0.2) is 12.1 Å². The molecule has 2 saturated heterocycles. The fraction of sp³-hybridized carbons (Fsp3) is 1.00. The van der Waals surface area contributed by atoms with Crippen molar-refractivity contribution in [2.75, 3.05) is 20.8 Å². The molecule has 1 N–H and O–H groups in total. The first-order valence-electron chi connectivity index (χ1n) is 5.69. The second-order valence-electron chi connectivity index (χ2n) is 4.79. The topological polar surface area (TPSA) is 66.4 Å². The molecule has 0 aromatic carbocycles. The van der Waals surface area contributed by atoms with Crippen LogP contribution in [0.2, 0.25) is 0 Å². The molecule has 0 aromatic heterocycles. The number of aliphatic hydroxyl groups is 1. The molecule has 0 radical (unpaired) electrons. The lowest BCUT2D eigenvalue weighted by Gasteiger charge is -2.25. The maximum atomic E-state index is 9.94. The number of hydrogen-bond acceptors (Lipinski definition) is 6. The summed E-state index contributed by atoms with van der Waals surface area (Å²) >= 11 is 0. The van der Waals surface area contributed by atoms with Gasteiger partial charge in [0.05, 0.1) is 6.61 Å². The number of rotatable bonds is 4. The van der Waals surface area contributed by atoms with Crippen molar-refractivity contribution in [3.05, 3.63) is 0 Å². The second kappa shape index (κ2) is 4.79. The van der Waals surface area contributed by atoms with Gasteiger partial charge in [-0.2, -0.15) is 0 Å². The van der Waals surface area contributed by atoms with Gasteiger partial charge in [-0.1, -0.05) is 0 Å². The summed E-state index contributed by atoms with van der Waals surface area (Å²) in [6, 6.07) is 0. The number of ether oxygens (including phenoxy) is 5. The summed E-state index contributed by atoms with van der Waals surface area (Å²) in [5.41, 5.74) is 0. The third kappa shape index (κ3) is 2.47. The summed E-state index contributed by atoms with van der Waals surface area (Å²) in [5, 5.41) is 9.94. The van der Waals surface area contributed by atoms with E-state index >= 15 is 0 Å². The molecule has 5 atom stereocenters. The Bertz CT molecular complexity index is 269. The van der Waals surface area contributed by atoms with E-state index in [0.29, 0.717) is 0 Å². The van der Waals surface area contributed by atoms with E-state index in [1.165, 1.54) is 7.11 Å². The zero-order chi connectivity index (χ0) is 12.6. The van der Waals surface area contributed by atoms with E-state index in [9.17, 15) is 5.11 Å². The van der Waals surface area contributed by atoms with Crippen LogP contribution in [0.4, 0.5) is 0 Å². The molecule has 17 heavy (non-hydrogen) atoms. The molecular weight excluding hydrogens is 228 g/mol. The van der Waals surface area contributed by atoms with Gasteiger partial charge in [0.2, 0.25) is 0 Å². The zero-order valence-corrected chi connectivity index (χ0v) is 10.6. The molecule has 100 valence electrons. The average Bonchev–Trinajstić information content (AvgIpc) is 2.71. The van der Waals surface area contributed by atoms with Crippen LogP contribution < -0.4 is 0 Å². The Kier molecular flexibility index (Phi) is 3.72. The molecule has 2 aliphatic rings. The number of methoxy groups -OCH3 is 2. The van der Waals surface area contributed by atoms with Crippen LogP contribution in [-0.4, -0.2) is 62.4 Å². The van der Waals surface area contributed by atoms with Gasteiger partial charge in [0.25, 0.3) is 0 Å². The highest BCUT2D eigenvalue weighted by molar-refractivity contribution is 4.97. The van der Waals surface area contributed by atoms with Gasteiger partial charge in [0.1, 0.15) is 24.4 Å². The number of fused-ring (bicyclic) bond motifs is 1. The van der Waals surface area contributed by atoms with E-state index in [-0.39, 0.29) is 18.8 Å². The van der Waals surface area contributed by atoms with Crippen molar-refractivity contribution >= 4 is 0 Å². The Morgan fingerprint density at radius 2 is 1.88 bits per heavy atom. The van der Waals surface area contributed by atoms with Crippen molar-refractivity contribution < 1.29 is 28.8 Å². The van der Waals surface area contributed by atoms with Crippen LogP contribution in [-0.2, 0) is 23.7 Å². The highest BCUT2D eigenvalue weighted by Gasteiger charge is 2.57. The third-order valence-corrected chi connectivity index (χ3v) is 3.00. The van der Waals surface area contributed by atoms with Crippen molar-refractivity contribution in [2.24, 2.45) is 0 Å². The molecule has 0 aliphatic carbocycles. The van der Waals surface area contributed by atoms with Crippen molar-refractivity contribution in [3.8, 4) is 0 Å². The Morgan fingerprint density at radius 3 is 2.47 bits per heavy atom. The molecule has 0 saturated carbocycles. The standard InChI is InChI=1S/C11H20O6/c1-11(2)16-8-7(6(12)5-13-3)15-10(14-4)9(8)17-11/h6-10,12H,5H2,1-4H3/t6-,7-,8+,9+,10+/m1/s1. The Balaban J connectivity index is 2.09. The van der Waals surface area contributed by atoms with Crippen molar-refractivity contribution in [3.63, 3.8) is 0 Å². The number of hydrogen-bond donors (Lipinski definition) is 1. The Morgan fingerprint density at radius 1 is 1.24 bits per heavy atom. The molecule has 2 fully saturated rings. The van der Waals surface area contributed by atoms with Crippen LogP contribution in [0.15, 0.2) is 0 Å². The monoisotopic (exact) mass is 248 g/mol. The van der Waals surface area contributed by atoms with Gasteiger partial charge >= 0.3 is 0 Å². The fourth-order valence-electron chi connectivity index (χ4n) is 2.36. The summed E-state index contributed by atoms with van der Waals surface area (Å²) in [7, 11) is 3.07. The SMILES string of the molecule is COC[C@@H](O)[C@H]1O[C@H](OC)[C@H]2OC(C)(C)O[C@H]21. The fourth-order valence-corrected chi connectivity index (χ4v) is 2.36. The van der Waals surface area contributed by atoms with Crippen molar-refractivity contribution in [1.29, 1.82) is 0 Å². The van der Waals surface area contributed by atoms with E-state index < -0.39 is 24.3 Å². The quantitative estimate of drug-likeness (QED) is 0.748.